The molecule has 2 atom stereocenters. The highest BCUT2D eigenvalue weighted by Crippen LogP contribution is 2.43. The maximum atomic E-state index is 12.8. The number of rotatable bonds is 46. The standard InChI is InChI=1S/C58H100NO8P/c1-6-8-10-12-14-16-18-20-22-24-26-28-30-32-34-36-38-40-42-44-46-48-50-57(60)64-54-56(55-66-68(62,63)65-53-52-59(3,4)5)67-58(61)51-49-47-45-43-41-39-37-35-33-31-29-27-25-23-21-19-17-15-13-11-9-7-2/h56H,6-27,36-55H2,1-5H3/p+1. The van der Waals surface area contributed by atoms with Crippen LogP contribution in [0.25, 0.3) is 0 Å². The lowest BCUT2D eigenvalue weighted by Crippen LogP contribution is -2.37. The van der Waals surface area contributed by atoms with Crippen LogP contribution in [0, 0.1) is 47.4 Å². The maximum Gasteiger partial charge on any atom is 0.472 e. The summed E-state index contributed by atoms with van der Waals surface area (Å²) in [5.41, 5.74) is 0. The van der Waals surface area contributed by atoms with Gasteiger partial charge in [-0.2, -0.15) is 0 Å². The minimum atomic E-state index is -4.41. The Bertz CT molecular complexity index is 1510. The topological polar surface area (TPSA) is 108 Å². The maximum absolute atomic E-state index is 12.8. The molecule has 0 spiro atoms. The molecule has 9 nitrogen and oxygen atoms in total. The van der Waals surface area contributed by atoms with Crippen molar-refractivity contribution in [3.63, 3.8) is 0 Å². The zero-order chi connectivity index (χ0) is 49.9. The molecular formula is C58H101NO8P+. The van der Waals surface area contributed by atoms with Gasteiger partial charge in [0.05, 0.1) is 27.7 Å². The van der Waals surface area contributed by atoms with Gasteiger partial charge in [0.25, 0.3) is 0 Å². The number of unbranched alkanes of at least 4 members (excludes halogenated alkanes) is 32. The molecule has 2 unspecified atom stereocenters. The molecule has 0 aliphatic carbocycles. The molecule has 0 aliphatic rings. The smallest absolute Gasteiger partial charge is 0.462 e. The van der Waals surface area contributed by atoms with Crippen LogP contribution in [-0.2, 0) is 32.7 Å². The molecule has 0 heterocycles. The van der Waals surface area contributed by atoms with E-state index < -0.39 is 32.5 Å². The first-order valence-electron chi connectivity index (χ1n) is 27.7. The first-order valence-corrected chi connectivity index (χ1v) is 29.2. The minimum Gasteiger partial charge on any atom is -0.462 e. The zero-order valence-corrected chi connectivity index (χ0v) is 45.4. The third kappa shape index (κ3) is 52.6. The second-order valence-corrected chi connectivity index (χ2v) is 21.2. The van der Waals surface area contributed by atoms with Gasteiger partial charge in [0.2, 0.25) is 0 Å². The summed E-state index contributed by atoms with van der Waals surface area (Å²) in [5.74, 6) is 23.9. The number of phosphoric acid groups is 1. The SMILES string of the molecule is CCCCCCCCCCCCC#CC#CCCCCCCCCC(=O)OCC(COP(=O)(O)OCC[N+](C)(C)C)OC(=O)CCCCCCCCC#CC#CCCCCCCCCCCCC. The molecule has 0 aliphatic heterocycles. The Hall–Kier alpha value is -2.75. The molecule has 0 radical (unpaired) electrons. The summed E-state index contributed by atoms with van der Waals surface area (Å²) in [6.45, 7) is 4.35. The molecule has 0 fully saturated rings. The highest BCUT2D eigenvalue weighted by atomic mass is 31.2. The summed E-state index contributed by atoms with van der Waals surface area (Å²) in [4.78, 5) is 35.6. The average Bonchev–Trinajstić information content (AvgIpc) is 3.30. The van der Waals surface area contributed by atoms with Gasteiger partial charge in [0.1, 0.15) is 19.8 Å². The van der Waals surface area contributed by atoms with Crippen LogP contribution >= 0.6 is 7.82 Å². The molecule has 0 aromatic carbocycles. The van der Waals surface area contributed by atoms with E-state index >= 15 is 0 Å². The zero-order valence-electron chi connectivity index (χ0n) is 44.5. The quantitative estimate of drug-likeness (QED) is 0.0211. The van der Waals surface area contributed by atoms with E-state index in [4.69, 9.17) is 18.5 Å². The number of nitrogens with zero attached hydrogens (tertiary/aromatic N) is 1. The second kappa shape index (κ2) is 49.2. The van der Waals surface area contributed by atoms with E-state index in [9.17, 15) is 19.0 Å². The lowest BCUT2D eigenvalue weighted by molar-refractivity contribution is -0.870. The monoisotopic (exact) mass is 971 g/mol. The van der Waals surface area contributed by atoms with E-state index in [0.717, 1.165) is 89.9 Å². The fourth-order valence-electron chi connectivity index (χ4n) is 7.47. The van der Waals surface area contributed by atoms with E-state index in [1.54, 1.807) is 0 Å². The van der Waals surface area contributed by atoms with Gasteiger partial charge >= 0.3 is 19.8 Å². The van der Waals surface area contributed by atoms with E-state index in [2.05, 4.69) is 61.2 Å². The Morgan fingerprint density at radius 1 is 0.456 bits per heavy atom. The van der Waals surface area contributed by atoms with Crippen molar-refractivity contribution in [1.82, 2.24) is 0 Å². The molecule has 68 heavy (non-hydrogen) atoms. The average molecular weight is 971 g/mol. The number of hydrogen-bond acceptors (Lipinski definition) is 7. The van der Waals surface area contributed by atoms with E-state index in [1.807, 2.05) is 21.1 Å². The highest BCUT2D eigenvalue weighted by molar-refractivity contribution is 7.47. The van der Waals surface area contributed by atoms with Gasteiger partial charge < -0.3 is 18.9 Å². The van der Waals surface area contributed by atoms with Gasteiger partial charge in [-0.15, -0.1) is 0 Å². The molecule has 0 rings (SSSR count). The normalized spacial score (nSPS) is 12.3. The summed E-state index contributed by atoms with van der Waals surface area (Å²) in [6, 6.07) is 0. The summed E-state index contributed by atoms with van der Waals surface area (Å²) in [7, 11) is 1.42. The first-order chi connectivity index (χ1) is 33.0. The third-order valence-corrected chi connectivity index (χ3v) is 12.8. The number of phosphoric ester groups is 1. The van der Waals surface area contributed by atoms with Gasteiger partial charge in [-0.3, -0.25) is 18.6 Å². The Balaban J connectivity index is 4.30. The number of hydrogen-bond donors (Lipinski definition) is 1. The third-order valence-electron chi connectivity index (χ3n) is 11.8. The van der Waals surface area contributed by atoms with Crippen molar-refractivity contribution >= 4 is 19.8 Å². The molecule has 0 saturated heterocycles. The van der Waals surface area contributed by atoms with Gasteiger partial charge in [-0.1, -0.05) is 204 Å². The van der Waals surface area contributed by atoms with Crippen molar-refractivity contribution < 1.29 is 42.1 Å². The van der Waals surface area contributed by atoms with Crippen molar-refractivity contribution in [2.45, 2.75) is 264 Å². The van der Waals surface area contributed by atoms with Crippen LogP contribution in [0.3, 0.4) is 0 Å². The number of carbonyl (C=O) groups excluding carboxylic acids is 2. The number of likely N-dealkylation sites (N-methyl/N-ethyl adjacent to an activating group) is 1. The molecule has 0 saturated carbocycles. The van der Waals surface area contributed by atoms with Crippen molar-refractivity contribution in [2.75, 3.05) is 47.5 Å². The molecule has 390 valence electrons. The van der Waals surface area contributed by atoms with Crippen LogP contribution in [0.15, 0.2) is 0 Å². The molecule has 0 aromatic heterocycles. The predicted molar refractivity (Wildman–Crippen MR) is 283 cm³/mol. The molecule has 1 N–H and O–H groups in total. The number of carbonyl (C=O) groups is 2. The Morgan fingerprint density at radius 3 is 1.13 bits per heavy atom. The van der Waals surface area contributed by atoms with Crippen LogP contribution in [0.4, 0.5) is 0 Å². The summed E-state index contributed by atoms with van der Waals surface area (Å²) < 4.78 is 34.4. The lowest BCUT2D eigenvalue weighted by Gasteiger charge is -2.24. The molecule has 0 amide bonds. The van der Waals surface area contributed by atoms with Crippen LogP contribution < -0.4 is 0 Å². The minimum absolute atomic E-state index is 0.0150. The van der Waals surface area contributed by atoms with Gasteiger partial charge in [-0.25, -0.2) is 4.57 Å². The van der Waals surface area contributed by atoms with Crippen molar-refractivity contribution in [3.05, 3.63) is 0 Å². The largest absolute Gasteiger partial charge is 0.472 e. The Morgan fingerprint density at radius 2 is 0.779 bits per heavy atom. The fraction of sp³-hybridized carbons (Fsp3) is 0.828. The Labute approximate surface area is 419 Å². The van der Waals surface area contributed by atoms with Crippen molar-refractivity contribution in [2.24, 2.45) is 0 Å². The van der Waals surface area contributed by atoms with E-state index in [0.29, 0.717) is 23.9 Å². The van der Waals surface area contributed by atoms with Crippen molar-refractivity contribution in [1.29, 1.82) is 0 Å². The summed E-state index contributed by atoms with van der Waals surface area (Å²) >= 11 is 0. The summed E-state index contributed by atoms with van der Waals surface area (Å²) in [6.07, 6.45) is 41.3. The van der Waals surface area contributed by atoms with E-state index in [-0.39, 0.29) is 26.1 Å². The fourth-order valence-corrected chi connectivity index (χ4v) is 8.21. The van der Waals surface area contributed by atoms with Crippen LogP contribution in [-0.4, -0.2) is 74.9 Å². The Kier molecular flexibility index (Phi) is 47.2. The van der Waals surface area contributed by atoms with Crippen LogP contribution in [0.5, 0.6) is 0 Å². The van der Waals surface area contributed by atoms with E-state index in [1.165, 1.54) is 128 Å². The van der Waals surface area contributed by atoms with Crippen LogP contribution in [0.1, 0.15) is 258 Å². The first kappa shape index (κ1) is 65.2. The lowest BCUT2D eigenvalue weighted by atomic mass is 10.1. The predicted octanol–water partition coefficient (Wildman–Crippen LogP) is 15.2. The molecule has 0 bridgehead atoms. The molecule has 10 heteroatoms. The number of ether oxygens (including phenoxy) is 2. The van der Waals surface area contributed by atoms with Crippen molar-refractivity contribution in [3.8, 4) is 47.4 Å². The highest BCUT2D eigenvalue weighted by Gasteiger charge is 2.27. The second-order valence-electron chi connectivity index (χ2n) is 19.7. The number of quaternary nitrogens is 1. The van der Waals surface area contributed by atoms with Gasteiger partial charge in [0.15, 0.2) is 6.10 Å². The molecule has 0 aromatic rings. The van der Waals surface area contributed by atoms with Gasteiger partial charge in [-0.05, 0) is 62.2 Å². The van der Waals surface area contributed by atoms with Crippen LogP contribution in [0.2, 0.25) is 0 Å². The summed E-state index contributed by atoms with van der Waals surface area (Å²) in [5, 5.41) is 0. The van der Waals surface area contributed by atoms with Gasteiger partial charge in [0, 0.05) is 38.5 Å². The number of esters is 2. The molecular weight excluding hydrogens is 870 g/mol.